The lowest BCUT2D eigenvalue weighted by Gasteiger charge is -2.10. The fraction of sp³-hybridized carbons (Fsp3) is 0.250. The van der Waals surface area contributed by atoms with Crippen LogP contribution in [0, 0.1) is 10.7 Å². The highest BCUT2D eigenvalue weighted by Crippen LogP contribution is 2.23. The number of nitrogens with one attached hydrogen (secondary N) is 1. The highest BCUT2D eigenvalue weighted by molar-refractivity contribution is 7.71. The van der Waals surface area contributed by atoms with E-state index in [-0.39, 0.29) is 0 Å². The lowest BCUT2D eigenvalue weighted by molar-refractivity contribution is 0.521. The smallest absolute Gasteiger partial charge is 0.195 e. The third-order valence-corrected chi connectivity index (χ3v) is 3.63. The Kier molecular flexibility index (Phi) is 3.40. The first kappa shape index (κ1) is 13.1. The Hall–Kier alpha value is -1.94. The quantitative estimate of drug-likeness (QED) is 0.722. The van der Waals surface area contributed by atoms with E-state index in [0.29, 0.717) is 10.7 Å². The number of aromatic nitrogens is 3. The van der Waals surface area contributed by atoms with Crippen molar-refractivity contribution in [2.75, 3.05) is 0 Å². The molecule has 2 aromatic carbocycles. The van der Waals surface area contributed by atoms with Crippen molar-refractivity contribution in [3.8, 4) is 11.4 Å². The summed E-state index contributed by atoms with van der Waals surface area (Å²) in [5.41, 5.74) is 1.09. The second-order valence-corrected chi connectivity index (χ2v) is 5.81. The number of fused-ring (bicyclic) bond motifs is 1. The normalized spacial score (nSPS) is 11.3. The van der Waals surface area contributed by atoms with Gasteiger partial charge in [0.05, 0.1) is 0 Å². The lowest BCUT2D eigenvalue weighted by atomic mass is 10.1. The van der Waals surface area contributed by atoms with Crippen LogP contribution in [0.3, 0.4) is 0 Å². The van der Waals surface area contributed by atoms with Crippen LogP contribution in [0.15, 0.2) is 42.5 Å². The number of rotatable bonds is 3. The molecule has 0 fully saturated rings. The molecule has 0 saturated heterocycles. The van der Waals surface area contributed by atoms with Gasteiger partial charge in [-0.3, -0.25) is 9.67 Å². The van der Waals surface area contributed by atoms with Crippen LogP contribution in [0.2, 0.25) is 0 Å². The second-order valence-electron chi connectivity index (χ2n) is 5.42. The minimum atomic E-state index is 0.526. The highest BCUT2D eigenvalue weighted by Gasteiger charge is 2.10. The summed E-state index contributed by atoms with van der Waals surface area (Å²) in [6.45, 7) is 5.23. The summed E-state index contributed by atoms with van der Waals surface area (Å²) in [6, 6.07) is 14.7. The van der Waals surface area contributed by atoms with Gasteiger partial charge in [0.1, 0.15) is 0 Å². The van der Waals surface area contributed by atoms with Gasteiger partial charge in [0.2, 0.25) is 0 Å². The zero-order valence-corrected chi connectivity index (χ0v) is 12.4. The van der Waals surface area contributed by atoms with Crippen LogP contribution in [-0.2, 0) is 6.54 Å². The zero-order valence-electron chi connectivity index (χ0n) is 11.6. The summed E-state index contributed by atoms with van der Waals surface area (Å²) < 4.78 is 2.76. The van der Waals surface area contributed by atoms with Crippen LogP contribution in [0.5, 0.6) is 0 Å². The standard InChI is InChI=1S/C16H17N3S/c1-11(2)10-19-15(17-18-16(19)20)14-8-7-12-5-3-4-6-13(12)9-14/h3-9,11H,10H2,1-2H3,(H,18,20). The van der Waals surface area contributed by atoms with Crippen molar-refractivity contribution >= 4 is 23.0 Å². The van der Waals surface area contributed by atoms with Gasteiger partial charge in [0.25, 0.3) is 0 Å². The molecule has 3 aromatic rings. The van der Waals surface area contributed by atoms with Gasteiger partial charge in [-0.2, -0.15) is 5.10 Å². The van der Waals surface area contributed by atoms with E-state index in [9.17, 15) is 0 Å². The zero-order chi connectivity index (χ0) is 14.1. The van der Waals surface area contributed by atoms with Gasteiger partial charge in [-0.15, -0.1) is 0 Å². The Morgan fingerprint density at radius 3 is 2.65 bits per heavy atom. The van der Waals surface area contributed by atoms with Crippen LogP contribution < -0.4 is 0 Å². The number of H-pyrrole nitrogens is 1. The molecule has 0 aliphatic rings. The third-order valence-electron chi connectivity index (χ3n) is 3.31. The van der Waals surface area contributed by atoms with Gasteiger partial charge in [-0.1, -0.05) is 50.2 Å². The Labute approximate surface area is 123 Å². The van der Waals surface area contributed by atoms with E-state index in [1.807, 2.05) is 0 Å². The molecule has 3 rings (SSSR count). The first-order valence-electron chi connectivity index (χ1n) is 6.79. The number of aromatic amines is 1. The summed E-state index contributed by atoms with van der Waals surface area (Å²) in [5, 5.41) is 9.75. The molecule has 0 spiro atoms. The lowest BCUT2D eigenvalue weighted by Crippen LogP contribution is -2.06. The van der Waals surface area contributed by atoms with E-state index in [1.165, 1.54) is 10.8 Å². The van der Waals surface area contributed by atoms with Crippen molar-refractivity contribution in [2.45, 2.75) is 20.4 Å². The summed E-state index contributed by atoms with van der Waals surface area (Å²) in [4.78, 5) is 0. The molecular weight excluding hydrogens is 266 g/mol. The average molecular weight is 283 g/mol. The van der Waals surface area contributed by atoms with Crippen molar-refractivity contribution in [2.24, 2.45) is 5.92 Å². The molecule has 3 nitrogen and oxygen atoms in total. The monoisotopic (exact) mass is 283 g/mol. The van der Waals surface area contributed by atoms with Crippen molar-refractivity contribution in [1.29, 1.82) is 0 Å². The van der Waals surface area contributed by atoms with Gasteiger partial charge in [0, 0.05) is 12.1 Å². The maximum atomic E-state index is 5.33. The van der Waals surface area contributed by atoms with E-state index in [1.54, 1.807) is 0 Å². The molecule has 0 unspecified atom stereocenters. The molecule has 0 bridgehead atoms. The minimum absolute atomic E-state index is 0.526. The van der Waals surface area contributed by atoms with Crippen LogP contribution in [0.1, 0.15) is 13.8 Å². The molecule has 1 N–H and O–H groups in total. The first-order chi connectivity index (χ1) is 9.65. The van der Waals surface area contributed by atoms with Crippen molar-refractivity contribution in [3.05, 3.63) is 47.2 Å². The number of hydrogen-bond acceptors (Lipinski definition) is 2. The minimum Gasteiger partial charge on any atom is -0.300 e. The average Bonchev–Trinajstić information content (AvgIpc) is 2.79. The summed E-state index contributed by atoms with van der Waals surface area (Å²) in [5.74, 6) is 1.44. The fourth-order valence-electron chi connectivity index (χ4n) is 2.40. The molecule has 0 amide bonds. The van der Waals surface area contributed by atoms with Gasteiger partial charge >= 0.3 is 0 Å². The molecule has 0 radical (unpaired) electrons. The summed E-state index contributed by atoms with van der Waals surface area (Å²) in [6.07, 6.45) is 0. The Morgan fingerprint density at radius 1 is 1.15 bits per heavy atom. The van der Waals surface area contributed by atoms with Gasteiger partial charge in [-0.25, -0.2) is 0 Å². The topological polar surface area (TPSA) is 33.6 Å². The highest BCUT2D eigenvalue weighted by atomic mass is 32.1. The van der Waals surface area contributed by atoms with Crippen LogP contribution in [0.25, 0.3) is 22.2 Å². The number of benzene rings is 2. The molecule has 1 aromatic heterocycles. The Bertz CT molecular complexity index is 799. The molecule has 0 atom stereocenters. The molecule has 0 aliphatic heterocycles. The van der Waals surface area contributed by atoms with Crippen LogP contribution >= 0.6 is 12.2 Å². The van der Waals surface area contributed by atoms with Crippen LogP contribution in [-0.4, -0.2) is 14.8 Å². The largest absolute Gasteiger partial charge is 0.300 e. The SMILES string of the molecule is CC(C)Cn1c(-c2ccc3ccccc3c2)n[nH]c1=S. The molecule has 0 saturated carbocycles. The molecule has 1 heterocycles. The third kappa shape index (κ3) is 2.39. The van der Waals surface area contributed by atoms with Gasteiger partial charge in [-0.05, 0) is 35.0 Å². The molecule has 102 valence electrons. The molecule has 0 aliphatic carbocycles. The van der Waals surface area contributed by atoms with Crippen molar-refractivity contribution in [1.82, 2.24) is 14.8 Å². The van der Waals surface area contributed by atoms with E-state index in [0.717, 1.165) is 17.9 Å². The predicted molar refractivity (Wildman–Crippen MR) is 85.2 cm³/mol. The van der Waals surface area contributed by atoms with Crippen molar-refractivity contribution in [3.63, 3.8) is 0 Å². The molecular formula is C16H17N3S. The van der Waals surface area contributed by atoms with Crippen molar-refractivity contribution < 1.29 is 0 Å². The maximum Gasteiger partial charge on any atom is 0.195 e. The van der Waals surface area contributed by atoms with E-state index >= 15 is 0 Å². The second kappa shape index (κ2) is 5.21. The first-order valence-corrected chi connectivity index (χ1v) is 7.20. The van der Waals surface area contributed by atoms with E-state index in [4.69, 9.17) is 12.2 Å². The van der Waals surface area contributed by atoms with E-state index < -0.39 is 0 Å². The van der Waals surface area contributed by atoms with E-state index in [2.05, 4.69) is 71.1 Å². The van der Waals surface area contributed by atoms with Gasteiger partial charge < -0.3 is 0 Å². The van der Waals surface area contributed by atoms with Gasteiger partial charge in [0.15, 0.2) is 10.6 Å². The summed E-state index contributed by atoms with van der Waals surface area (Å²) in [7, 11) is 0. The Morgan fingerprint density at radius 2 is 1.90 bits per heavy atom. The number of hydrogen-bond donors (Lipinski definition) is 1. The fourth-order valence-corrected chi connectivity index (χ4v) is 2.61. The van der Waals surface area contributed by atoms with Crippen LogP contribution in [0.4, 0.5) is 0 Å². The molecule has 20 heavy (non-hydrogen) atoms. The molecule has 4 heteroatoms. The predicted octanol–water partition coefficient (Wildman–Crippen LogP) is 4.42. The Balaban J connectivity index is 2.13. The summed E-state index contributed by atoms with van der Waals surface area (Å²) >= 11 is 5.33. The maximum absolute atomic E-state index is 5.33. The number of nitrogens with zero attached hydrogens (tertiary/aromatic N) is 2.